The van der Waals surface area contributed by atoms with Crippen molar-refractivity contribution in [1.82, 2.24) is 5.32 Å². The van der Waals surface area contributed by atoms with Crippen molar-refractivity contribution in [2.24, 2.45) is 5.92 Å². The van der Waals surface area contributed by atoms with Crippen molar-refractivity contribution in [2.75, 3.05) is 13.2 Å². The number of nitrogens with one attached hydrogen (secondary N) is 1. The summed E-state index contributed by atoms with van der Waals surface area (Å²) in [6, 6.07) is 0.336. The van der Waals surface area contributed by atoms with Gasteiger partial charge in [0.2, 0.25) is 0 Å². The number of rotatable bonds is 3. The molecular formula is C7H13NO. The van der Waals surface area contributed by atoms with E-state index in [1.165, 1.54) is 0 Å². The highest BCUT2D eigenvalue weighted by Gasteiger charge is 2.27. The molecule has 0 unspecified atom stereocenters. The molecule has 2 N–H and O–H groups in total. The van der Waals surface area contributed by atoms with Gasteiger partial charge >= 0.3 is 0 Å². The Balaban J connectivity index is 2.18. The van der Waals surface area contributed by atoms with Crippen molar-refractivity contribution in [1.29, 1.82) is 0 Å². The minimum Gasteiger partial charge on any atom is -0.395 e. The van der Waals surface area contributed by atoms with E-state index in [1.54, 1.807) is 0 Å². The maximum atomic E-state index is 8.69. The molecule has 2 heteroatoms. The fourth-order valence-electron chi connectivity index (χ4n) is 1.13. The van der Waals surface area contributed by atoms with Gasteiger partial charge in [-0.3, -0.25) is 0 Å². The predicted octanol–water partition coefficient (Wildman–Crippen LogP) is 0.143. The zero-order valence-corrected chi connectivity index (χ0v) is 5.51. The molecule has 0 spiro atoms. The topological polar surface area (TPSA) is 32.3 Å². The maximum Gasteiger partial charge on any atom is 0.0587 e. The van der Waals surface area contributed by atoms with Gasteiger partial charge in [-0.1, -0.05) is 6.08 Å². The molecule has 0 aromatic heterocycles. The maximum absolute atomic E-state index is 8.69. The minimum absolute atomic E-state index is 0.262. The minimum atomic E-state index is 0.262. The van der Waals surface area contributed by atoms with Gasteiger partial charge in [0.25, 0.3) is 0 Å². The molecule has 2 atom stereocenters. The zero-order valence-electron chi connectivity index (χ0n) is 5.51. The van der Waals surface area contributed by atoms with Gasteiger partial charge in [-0.2, -0.15) is 0 Å². The number of allylic oxidation sites excluding steroid dienone is 1. The summed E-state index contributed by atoms with van der Waals surface area (Å²) in [5, 5.41) is 11.8. The molecule has 9 heavy (non-hydrogen) atoms. The lowest BCUT2D eigenvalue weighted by Crippen LogP contribution is -2.54. The fraction of sp³-hybridized carbons (Fsp3) is 0.714. The smallest absolute Gasteiger partial charge is 0.0587 e. The van der Waals surface area contributed by atoms with Crippen LogP contribution in [0.2, 0.25) is 0 Å². The highest BCUT2D eigenvalue weighted by Crippen LogP contribution is 2.16. The fourth-order valence-corrected chi connectivity index (χ4v) is 1.13. The van der Waals surface area contributed by atoms with Crippen molar-refractivity contribution in [3.63, 3.8) is 0 Å². The van der Waals surface area contributed by atoms with E-state index in [-0.39, 0.29) is 6.61 Å². The normalized spacial score (nSPS) is 33.4. The van der Waals surface area contributed by atoms with Crippen molar-refractivity contribution in [2.45, 2.75) is 12.5 Å². The third-order valence-corrected chi connectivity index (χ3v) is 1.88. The standard InChI is InChI=1S/C7H13NO/c1-2-3-6-4-8-7(6)5-9/h2,6-9H,1,3-5H2/t6-,7+/m0/s1. The van der Waals surface area contributed by atoms with Crippen LogP contribution in [0.25, 0.3) is 0 Å². The molecule has 0 saturated carbocycles. The quantitative estimate of drug-likeness (QED) is 0.529. The van der Waals surface area contributed by atoms with E-state index in [0.29, 0.717) is 12.0 Å². The number of hydrogen-bond acceptors (Lipinski definition) is 2. The summed E-state index contributed by atoms with van der Waals surface area (Å²) in [7, 11) is 0. The zero-order chi connectivity index (χ0) is 6.69. The Morgan fingerprint density at radius 2 is 2.56 bits per heavy atom. The van der Waals surface area contributed by atoms with Gasteiger partial charge in [0.15, 0.2) is 0 Å². The van der Waals surface area contributed by atoms with Gasteiger partial charge in [0.1, 0.15) is 0 Å². The van der Waals surface area contributed by atoms with Crippen LogP contribution < -0.4 is 5.32 Å². The average Bonchev–Trinajstić information content (AvgIpc) is 1.82. The van der Waals surface area contributed by atoms with E-state index < -0.39 is 0 Å². The lowest BCUT2D eigenvalue weighted by Gasteiger charge is -2.36. The molecule has 1 heterocycles. The van der Waals surface area contributed by atoms with E-state index in [9.17, 15) is 0 Å². The van der Waals surface area contributed by atoms with Gasteiger partial charge in [-0.05, 0) is 12.3 Å². The summed E-state index contributed by atoms with van der Waals surface area (Å²) in [5.74, 6) is 0.632. The van der Waals surface area contributed by atoms with Crippen molar-refractivity contribution < 1.29 is 5.11 Å². The molecule has 1 aliphatic rings. The second-order valence-corrected chi connectivity index (χ2v) is 2.48. The Bertz CT molecular complexity index is 101. The molecule has 1 aliphatic heterocycles. The monoisotopic (exact) mass is 127 g/mol. The second-order valence-electron chi connectivity index (χ2n) is 2.48. The second kappa shape index (κ2) is 2.99. The van der Waals surface area contributed by atoms with Crippen LogP contribution in [-0.2, 0) is 0 Å². The van der Waals surface area contributed by atoms with Crippen molar-refractivity contribution in [3.05, 3.63) is 12.7 Å². The first-order valence-corrected chi connectivity index (χ1v) is 3.33. The van der Waals surface area contributed by atoms with Crippen LogP contribution >= 0.6 is 0 Å². The lowest BCUT2D eigenvalue weighted by molar-refractivity contribution is 0.137. The Labute approximate surface area is 55.6 Å². The molecule has 0 radical (unpaired) electrons. The van der Waals surface area contributed by atoms with Gasteiger partial charge < -0.3 is 10.4 Å². The Morgan fingerprint density at radius 3 is 2.89 bits per heavy atom. The summed E-state index contributed by atoms with van der Waals surface area (Å²) in [5.41, 5.74) is 0. The van der Waals surface area contributed by atoms with Crippen LogP contribution in [0.15, 0.2) is 12.7 Å². The SMILES string of the molecule is C=CC[C@H]1CN[C@@H]1CO. The van der Waals surface area contributed by atoms with E-state index >= 15 is 0 Å². The van der Waals surface area contributed by atoms with Crippen LogP contribution in [0.3, 0.4) is 0 Å². The molecule has 0 bridgehead atoms. The highest BCUT2D eigenvalue weighted by atomic mass is 16.3. The first kappa shape index (κ1) is 6.78. The molecule has 2 nitrogen and oxygen atoms in total. The Kier molecular flexibility index (Phi) is 2.25. The Hall–Kier alpha value is -0.340. The summed E-state index contributed by atoms with van der Waals surface area (Å²) >= 11 is 0. The van der Waals surface area contributed by atoms with Gasteiger partial charge in [0.05, 0.1) is 6.61 Å². The van der Waals surface area contributed by atoms with Crippen LogP contribution in [0, 0.1) is 5.92 Å². The van der Waals surface area contributed by atoms with Crippen LogP contribution in [0.5, 0.6) is 0 Å². The third kappa shape index (κ3) is 1.32. The largest absolute Gasteiger partial charge is 0.395 e. The van der Waals surface area contributed by atoms with Gasteiger partial charge in [0, 0.05) is 12.6 Å². The highest BCUT2D eigenvalue weighted by molar-refractivity contribution is 4.91. The van der Waals surface area contributed by atoms with E-state index in [1.807, 2.05) is 6.08 Å². The molecule has 1 fully saturated rings. The summed E-state index contributed by atoms with van der Waals surface area (Å²) in [6.07, 6.45) is 2.94. The molecular weight excluding hydrogens is 114 g/mol. The molecule has 0 aromatic rings. The number of aliphatic hydroxyl groups excluding tert-OH is 1. The van der Waals surface area contributed by atoms with E-state index in [0.717, 1.165) is 13.0 Å². The van der Waals surface area contributed by atoms with E-state index in [2.05, 4.69) is 11.9 Å². The Morgan fingerprint density at radius 1 is 1.78 bits per heavy atom. The van der Waals surface area contributed by atoms with Crippen molar-refractivity contribution >= 4 is 0 Å². The molecule has 52 valence electrons. The van der Waals surface area contributed by atoms with Crippen LogP contribution in [0.1, 0.15) is 6.42 Å². The van der Waals surface area contributed by atoms with Crippen LogP contribution in [-0.4, -0.2) is 24.3 Å². The van der Waals surface area contributed by atoms with Gasteiger partial charge in [-0.15, -0.1) is 6.58 Å². The predicted molar refractivity (Wildman–Crippen MR) is 37.2 cm³/mol. The van der Waals surface area contributed by atoms with Crippen LogP contribution in [0.4, 0.5) is 0 Å². The van der Waals surface area contributed by atoms with Crippen molar-refractivity contribution in [3.8, 4) is 0 Å². The molecule has 1 rings (SSSR count). The summed E-state index contributed by atoms with van der Waals surface area (Å²) < 4.78 is 0. The first-order chi connectivity index (χ1) is 4.38. The van der Waals surface area contributed by atoms with Gasteiger partial charge in [-0.25, -0.2) is 0 Å². The third-order valence-electron chi connectivity index (χ3n) is 1.88. The lowest BCUT2D eigenvalue weighted by atomic mass is 9.89. The number of hydrogen-bond donors (Lipinski definition) is 2. The van der Waals surface area contributed by atoms with E-state index in [4.69, 9.17) is 5.11 Å². The molecule has 0 aliphatic carbocycles. The molecule has 0 aromatic carbocycles. The summed E-state index contributed by atoms with van der Waals surface area (Å²) in [6.45, 7) is 4.94. The number of aliphatic hydroxyl groups is 1. The first-order valence-electron chi connectivity index (χ1n) is 3.33. The molecule has 0 amide bonds. The average molecular weight is 127 g/mol. The molecule has 1 saturated heterocycles. The summed E-state index contributed by atoms with van der Waals surface area (Å²) in [4.78, 5) is 0.